The van der Waals surface area contributed by atoms with E-state index in [4.69, 9.17) is 21.3 Å². The number of hydrogen-bond donors (Lipinski definition) is 2. The molecular weight excluding hydrogens is 378 g/mol. The summed E-state index contributed by atoms with van der Waals surface area (Å²) in [6, 6.07) is 5.77. The quantitative estimate of drug-likeness (QED) is 0.532. The van der Waals surface area contributed by atoms with Crippen LogP contribution in [0.1, 0.15) is 26.3 Å². The molecule has 0 radical (unpaired) electrons. The summed E-state index contributed by atoms with van der Waals surface area (Å²) in [5.41, 5.74) is 0.992. The van der Waals surface area contributed by atoms with Crippen molar-refractivity contribution >= 4 is 23.5 Å². The Hall–Kier alpha value is -1.99. The van der Waals surface area contributed by atoms with Crippen LogP contribution in [0.4, 0.5) is 0 Å². The molecule has 0 aliphatic carbocycles. The first-order valence-electron chi connectivity index (χ1n) is 9.80. The van der Waals surface area contributed by atoms with E-state index in [2.05, 4.69) is 27.4 Å². The zero-order chi connectivity index (χ0) is 20.5. The van der Waals surface area contributed by atoms with Crippen LogP contribution in [-0.2, 0) is 11.3 Å². The summed E-state index contributed by atoms with van der Waals surface area (Å²) in [4.78, 5) is 21.2. The highest BCUT2D eigenvalue weighted by Crippen LogP contribution is 2.23. The van der Waals surface area contributed by atoms with Gasteiger partial charge >= 0.3 is 0 Å². The van der Waals surface area contributed by atoms with Crippen molar-refractivity contribution in [1.82, 2.24) is 20.4 Å². The van der Waals surface area contributed by atoms with Gasteiger partial charge in [-0.1, -0.05) is 17.7 Å². The van der Waals surface area contributed by atoms with Crippen molar-refractivity contribution in [2.45, 2.75) is 33.4 Å². The Bertz CT molecular complexity index is 673. The molecule has 0 aromatic heterocycles. The summed E-state index contributed by atoms with van der Waals surface area (Å²) < 4.78 is 5.41. The Balaban J connectivity index is 1.95. The van der Waals surface area contributed by atoms with Crippen molar-refractivity contribution in [1.29, 1.82) is 0 Å². The molecule has 1 aromatic carbocycles. The van der Waals surface area contributed by atoms with Gasteiger partial charge < -0.3 is 20.3 Å². The number of benzene rings is 1. The standard InChI is InChI=1S/C20H32ClN5O2/c1-5-22-20(23-13-16-6-7-17(21)12-18(16)28-4)26-10-8-25(9-11-26)14-19(27)24-15(2)3/h6-7,12,15H,5,8-11,13-14H2,1-4H3,(H,22,23)(H,24,27). The summed E-state index contributed by atoms with van der Waals surface area (Å²) in [7, 11) is 1.64. The SMILES string of the molecule is CCNC(=NCc1ccc(Cl)cc1OC)N1CCN(CC(=O)NC(C)C)CC1. The Morgan fingerprint density at radius 3 is 2.61 bits per heavy atom. The molecule has 0 bridgehead atoms. The molecule has 1 fully saturated rings. The number of carbonyl (C=O) groups is 1. The summed E-state index contributed by atoms with van der Waals surface area (Å²) in [6.07, 6.45) is 0. The lowest BCUT2D eigenvalue weighted by Gasteiger charge is -2.36. The molecule has 7 nitrogen and oxygen atoms in total. The van der Waals surface area contributed by atoms with Crippen LogP contribution in [0.25, 0.3) is 0 Å². The first-order valence-corrected chi connectivity index (χ1v) is 10.2. The van der Waals surface area contributed by atoms with Crippen LogP contribution in [0.15, 0.2) is 23.2 Å². The van der Waals surface area contributed by atoms with Gasteiger partial charge in [-0.25, -0.2) is 4.99 Å². The van der Waals surface area contributed by atoms with E-state index >= 15 is 0 Å². The van der Waals surface area contributed by atoms with Crippen molar-refractivity contribution in [3.05, 3.63) is 28.8 Å². The number of aliphatic imine (C=N–C) groups is 1. The molecule has 0 saturated carbocycles. The van der Waals surface area contributed by atoms with Gasteiger partial charge in [0.25, 0.3) is 0 Å². The second-order valence-electron chi connectivity index (χ2n) is 7.11. The van der Waals surface area contributed by atoms with E-state index in [1.165, 1.54) is 0 Å². The van der Waals surface area contributed by atoms with Crippen molar-refractivity contribution < 1.29 is 9.53 Å². The number of ether oxygens (including phenoxy) is 1. The molecule has 8 heteroatoms. The minimum Gasteiger partial charge on any atom is -0.496 e. The van der Waals surface area contributed by atoms with Crippen molar-refractivity contribution in [3.63, 3.8) is 0 Å². The maximum atomic E-state index is 12.0. The van der Waals surface area contributed by atoms with E-state index < -0.39 is 0 Å². The largest absolute Gasteiger partial charge is 0.496 e. The Morgan fingerprint density at radius 1 is 1.29 bits per heavy atom. The lowest BCUT2D eigenvalue weighted by molar-refractivity contribution is -0.123. The number of methoxy groups -OCH3 is 1. The normalized spacial score (nSPS) is 15.6. The number of nitrogens with one attached hydrogen (secondary N) is 2. The van der Waals surface area contributed by atoms with Gasteiger partial charge in [0, 0.05) is 49.4 Å². The maximum absolute atomic E-state index is 12.0. The summed E-state index contributed by atoms with van der Waals surface area (Å²) in [5, 5.41) is 6.96. The smallest absolute Gasteiger partial charge is 0.234 e. The Morgan fingerprint density at radius 2 is 2.00 bits per heavy atom. The molecule has 28 heavy (non-hydrogen) atoms. The van der Waals surface area contributed by atoms with Gasteiger partial charge in [-0.05, 0) is 32.9 Å². The monoisotopic (exact) mass is 409 g/mol. The van der Waals surface area contributed by atoms with Crippen molar-refractivity contribution in [3.8, 4) is 5.75 Å². The van der Waals surface area contributed by atoms with E-state index in [1.807, 2.05) is 26.0 Å². The number of rotatable bonds is 7. The third-order valence-electron chi connectivity index (χ3n) is 4.47. The number of piperazine rings is 1. The summed E-state index contributed by atoms with van der Waals surface area (Å²) in [6.45, 7) is 11.1. The van der Waals surface area contributed by atoms with Crippen LogP contribution in [0.3, 0.4) is 0 Å². The van der Waals surface area contributed by atoms with Crippen LogP contribution in [-0.4, -0.2) is 74.1 Å². The third-order valence-corrected chi connectivity index (χ3v) is 4.71. The lowest BCUT2D eigenvalue weighted by atomic mass is 10.2. The molecule has 1 aliphatic heterocycles. The maximum Gasteiger partial charge on any atom is 0.234 e. The molecule has 1 amide bonds. The van der Waals surface area contributed by atoms with Crippen LogP contribution in [0.2, 0.25) is 5.02 Å². The molecule has 1 aromatic rings. The highest BCUT2D eigenvalue weighted by atomic mass is 35.5. The van der Waals surface area contributed by atoms with Gasteiger partial charge in [0.2, 0.25) is 5.91 Å². The summed E-state index contributed by atoms with van der Waals surface area (Å²) >= 11 is 6.04. The van der Waals surface area contributed by atoms with Gasteiger partial charge in [-0.3, -0.25) is 9.69 Å². The number of halogens is 1. The number of hydrogen-bond acceptors (Lipinski definition) is 4. The number of nitrogens with zero attached hydrogens (tertiary/aromatic N) is 3. The lowest BCUT2D eigenvalue weighted by Crippen LogP contribution is -2.54. The minimum atomic E-state index is 0.0823. The molecule has 156 valence electrons. The van der Waals surface area contributed by atoms with Gasteiger partial charge in [0.05, 0.1) is 20.2 Å². The zero-order valence-electron chi connectivity index (χ0n) is 17.3. The second kappa shape index (κ2) is 11.1. The molecule has 1 aliphatic rings. The highest BCUT2D eigenvalue weighted by Gasteiger charge is 2.21. The highest BCUT2D eigenvalue weighted by molar-refractivity contribution is 6.30. The average Bonchev–Trinajstić information content (AvgIpc) is 2.65. The Kier molecular flexibility index (Phi) is 8.86. The Labute approximate surface area is 173 Å². The van der Waals surface area contributed by atoms with E-state index in [1.54, 1.807) is 13.2 Å². The average molecular weight is 410 g/mol. The van der Waals surface area contributed by atoms with Crippen molar-refractivity contribution in [2.24, 2.45) is 4.99 Å². The molecule has 2 N–H and O–H groups in total. The number of guanidine groups is 1. The van der Waals surface area contributed by atoms with Crippen LogP contribution in [0, 0.1) is 0 Å². The fourth-order valence-corrected chi connectivity index (χ4v) is 3.29. The van der Waals surface area contributed by atoms with Gasteiger partial charge in [0.15, 0.2) is 5.96 Å². The van der Waals surface area contributed by atoms with Crippen LogP contribution < -0.4 is 15.4 Å². The number of amides is 1. The second-order valence-corrected chi connectivity index (χ2v) is 7.55. The third kappa shape index (κ3) is 6.87. The molecule has 0 atom stereocenters. The fourth-order valence-electron chi connectivity index (χ4n) is 3.12. The van der Waals surface area contributed by atoms with E-state index in [9.17, 15) is 4.79 Å². The molecule has 2 rings (SSSR count). The fraction of sp³-hybridized carbons (Fsp3) is 0.600. The van der Waals surface area contributed by atoms with E-state index in [0.717, 1.165) is 50.0 Å². The predicted molar refractivity (Wildman–Crippen MR) is 114 cm³/mol. The van der Waals surface area contributed by atoms with Crippen LogP contribution in [0.5, 0.6) is 5.75 Å². The van der Waals surface area contributed by atoms with E-state index in [0.29, 0.717) is 18.1 Å². The summed E-state index contributed by atoms with van der Waals surface area (Å²) in [5.74, 6) is 1.71. The topological polar surface area (TPSA) is 69.2 Å². The number of carbonyl (C=O) groups excluding carboxylic acids is 1. The van der Waals surface area contributed by atoms with Gasteiger partial charge in [-0.2, -0.15) is 0 Å². The molecule has 0 unspecified atom stereocenters. The molecular formula is C20H32ClN5O2. The minimum absolute atomic E-state index is 0.0823. The van der Waals surface area contributed by atoms with Crippen molar-refractivity contribution in [2.75, 3.05) is 46.4 Å². The van der Waals surface area contributed by atoms with E-state index in [-0.39, 0.29) is 11.9 Å². The first kappa shape index (κ1) is 22.3. The van der Waals surface area contributed by atoms with Gasteiger partial charge in [0.1, 0.15) is 5.75 Å². The predicted octanol–water partition coefficient (Wildman–Crippen LogP) is 1.96. The zero-order valence-corrected chi connectivity index (χ0v) is 18.1. The van der Waals surface area contributed by atoms with Gasteiger partial charge in [-0.15, -0.1) is 0 Å². The molecule has 1 saturated heterocycles. The molecule has 0 spiro atoms. The van der Waals surface area contributed by atoms with Crippen LogP contribution >= 0.6 is 11.6 Å². The first-order chi connectivity index (χ1) is 13.4. The molecule has 1 heterocycles.